The SMILES string of the molecule is C=CCO[C@@]12Oc3ccc(OC(=O)Nc4ccc(OC)cc4OC)cc3[C@H]3[C@H](CCCCO)[C@@H](CCCCO)C=C(C(=NOCc4ccccc4)C[C@@H]1N(Cc1ccc4c(c1)OCO4)C(=O)OCCCl)[C@H]32. The molecule has 16 nitrogen and oxygen atoms in total. The highest BCUT2D eigenvalue weighted by Crippen LogP contribution is 2.62. The van der Waals surface area contributed by atoms with E-state index in [1.54, 1.807) is 48.4 Å². The van der Waals surface area contributed by atoms with Gasteiger partial charge in [0.2, 0.25) is 12.6 Å². The molecule has 2 aliphatic heterocycles. The van der Waals surface area contributed by atoms with Crippen LogP contribution in [0.4, 0.5) is 15.3 Å². The summed E-state index contributed by atoms with van der Waals surface area (Å²) in [5.41, 5.74) is 4.20. The van der Waals surface area contributed by atoms with Crippen molar-refractivity contribution in [3.8, 4) is 34.5 Å². The van der Waals surface area contributed by atoms with E-state index in [2.05, 4.69) is 18.0 Å². The molecule has 8 rings (SSSR count). The molecule has 0 spiro atoms. The molecule has 0 aromatic heterocycles. The smallest absolute Gasteiger partial charge is 0.417 e. The minimum absolute atomic E-state index is 0.0200. The van der Waals surface area contributed by atoms with Crippen LogP contribution in [0.25, 0.3) is 0 Å². The Bertz CT molecular complexity index is 2540. The summed E-state index contributed by atoms with van der Waals surface area (Å²) >= 11 is 6.15. The molecule has 4 aromatic carbocycles. The molecule has 1 fully saturated rings. The number of halogens is 1. The molecule has 17 heteroatoms. The number of amides is 2. The predicted octanol–water partition coefficient (Wildman–Crippen LogP) is 9.75. The number of nitrogens with one attached hydrogen (secondary N) is 1. The van der Waals surface area contributed by atoms with Gasteiger partial charge in [0.05, 0.1) is 44.0 Å². The number of aliphatic hydroxyl groups excluding tert-OH is 2. The first-order valence-corrected chi connectivity index (χ1v) is 24.6. The lowest BCUT2D eigenvalue weighted by Gasteiger charge is -2.59. The van der Waals surface area contributed by atoms with Crippen LogP contribution in [0, 0.1) is 17.8 Å². The fourth-order valence-electron chi connectivity index (χ4n) is 10.4. The van der Waals surface area contributed by atoms with Crippen LogP contribution in [0.15, 0.2) is 114 Å². The summed E-state index contributed by atoms with van der Waals surface area (Å²) in [5.74, 6) is 0.0108. The van der Waals surface area contributed by atoms with E-state index < -0.39 is 35.9 Å². The van der Waals surface area contributed by atoms with E-state index in [9.17, 15) is 19.8 Å². The molecule has 2 amide bonds. The molecule has 3 N–H and O–H groups in total. The monoisotopic (exact) mass is 995 g/mol. The second kappa shape index (κ2) is 24.1. The molecule has 2 aliphatic carbocycles. The highest BCUT2D eigenvalue weighted by atomic mass is 35.5. The van der Waals surface area contributed by atoms with Crippen LogP contribution in [0.3, 0.4) is 0 Å². The fourth-order valence-corrected chi connectivity index (χ4v) is 10.4. The molecule has 0 saturated heterocycles. The van der Waals surface area contributed by atoms with Crippen LogP contribution in [0.5, 0.6) is 34.5 Å². The van der Waals surface area contributed by atoms with E-state index in [4.69, 9.17) is 59.5 Å². The summed E-state index contributed by atoms with van der Waals surface area (Å²) in [4.78, 5) is 36.3. The van der Waals surface area contributed by atoms with E-state index >= 15 is 0 Å². The number of ether oxygens (including phenoxy) is 8. The third-order valence-electron chi connectivity index (χ3n) is 13.5. The number of alkyl halides is 1. The molecule has 0 unspecified atom stereocenters. The van der Waals surface area contributed by atoms with Gasteiger partial charge in [0, 0.05) is 43.7 Å². The molecule has 1 saturated carbocycles. The summed E-state index contributed by atoms with van der Waals surface area (Å²) in [6.07, 6.45) is 6.67. The molecular weight excluding hydrogens is 934 g/mol. The van der Waals surface area contributed by atoms with Gasteiger partial charge in [0.25, 0.3) is 0 Å². The summed E-state index contributed by atoms with van der Waals surface area (Å²) < 4.78 is 48.7. The van der Waals surface area contributed by atoms with Crippen LogP contribution in [-0.2, 0) is 27.5 Å². The Kier molecular flexibility index (Phi) is 17.3. The number of rotatable bonds is 23. The van der Waals surface area contributed by atoms with Gasteiger partial charge in [-0.2, -0.15) is 0 Å². The molecule has 0 bridgehead atoms. The largest absolute Gasteiger partial charge is 0.497 e. The number of nitrogens with zero attached hydrogens (tertiary/aromatic N) is 2. The lowest BCUT2D eigenvalue weighted by Crippen LogP contribution is -2.70. The van der Waals surface area contributed by atoms with Crippen molar-refractivity contribution in [2.24, 2.45) is 22.9 Å². The third kappa shape index (κ3) is 11.5. The summed E-state index contributed by atoms with van der Waals surface area (Å²) in [6, 6.07) is 24.6. The molecule has 0 radical (unpaired) electrons. The Morgan fingerprint density at radius 3 is 2.44 bits per heavy atom. The van der Waals surface area contributed by atoms with Crippen LogP contribution < -0.4 is 33.7 Å². The van der Waals surface area contributed by atoms with Crippen LogP contribution in [0.2, 0.25) is 0 Å². The summed E-state index contributed by atoms with van der Waals surface area (Å²) in [6.45, 7) is 4.38. The third-order valence-corrected chi connectivity index (χ3v) is 13.6. The molecule has 6 atom stereocenters. The number of unbranched alkanes of at least 4 members (excludes halogenated alkanes) is 2. The zero-order valence-corrected chi connectivity index (χ0v) is 40.9. The number of benzene rings is 4. The normalized spacial score (nSPS) is 22.0. The van der Waals surface area contributed by atoms with E-state index in [-0.39, 0.29) is 76.3 Å². The standard InChI is InChI=1S/C54H62ClN3O13/c1-4-25-68-54-49(58(53(62)65-26-22-55)32-36-16-20-46-48(27-36)67-34-66-46)31-44(57-69-33-35-12-6-5-7-13-35)41-28-37(14-8-10-23-59)40(15-9-11-24-60)50(51(41)54)42-29-39(18-21-45(42)71-54)70-52(61)56-43-19-17-38(63-2)30-47(43)64-3/h4-7,12-13,16-21,27-30,37,40,49-51,59-60H,1,8-11,14-15,22-26,31-34H2,2-3H3,(H,56,61)/t37-,40+,49-,50+,51+,54+/m0/s1. The number of oxime groups is 1. The van der Waals surface area contributed by atoms with E-state index in [0.29, 0.717) is 65.8 Å². The van der Waals surface area contributed by atoms with Gasteiger partial charge in [-0.1, -0.05) is 66.5 Å². The van der Waals surface area contributed by atoms with Crippen LogP contribution in [0.1, 0.15) is 67.6 Å². The van der Waals surface area contributed by atoms with Gasteiger partial charge in [0.15, 0.2) is 11.5 Å². The number of aliphatic hydroxyl groups is 2. The Labute approximate surface area is 419 Å². The number of fused-ring (bicyclic) bond motifs is 3. The maximum atomic E-state index is 14.8. The average molecular weight is 997 g/mol. The highest BCUT2D eigenvalue weighted by molar-refractivity contribution is 6.18. The molecule has 4 aliphatic rings. The highest BCUT2D eigenvalue weighted by Gasteiger charge is 2.66. The minimum Gasteiger partial charge on any atom is -0.497 e. The Hall–Kier alpha value is -6.46. The number of allylic oxidation sites excluding steroid dienone is 1. The Morgan fingerprint density at radius 2 is 1.68 bits per heavy atom. The van der Waals surface area contributed by atoms with Crippen molar-refractivity contribution in [2.45, 2.75) is 75.8 Å². The Balaban J connectivity index is 1.30. The molecular formula is C54H62ClN3O13. The maximum absolute atomic E-state index is 14.8. The maximum Gasteiger partial charge on any atom is 0.417 e. The Morgan fingerprint density at radius 1 is 0.901 bits per heavy atom. The summed E-state index contributed by atoms with van der Waals surface area (Å²) in [7, 11) is 3.04. The van der Waals surface area contributed by atoms with E-state index in [0.717, 1.165) is 35.1 Å². The number of methoxy groups -OCH3 is 2. The number of carbonyl (C=O) groups is 2. The van der Waals surface area contributed by atoms with Crippen molar-refractivity contribution in [3.63, 3.8) is 0 Å². The van der Waals surface area contributed by atoms with Gasteiger partial charge in [-0.15, -0.1) is 18.2 Å². The lowest BCUT2D eigenvalue weighted by atomic mass is 9.55. The second-order valence-corrected chi connectivity index (χ2v) is 18.1. The van der Waals surface area contributed by atoms with Crippen LogP contribution in [-0.4, -0.2) is 98.2 Å². The van der Waals surface area contributed by atoms with Crippen molar-refractivity contribution in [2.75, 3.05) is 58.6 Å². The zero-order chi connectivity index (χ0) is 49.7. The number of anilines is 1. The number of hydrogen-bond acceptors (Lipinski definition) is 14. The topological polar surface area (TPSA) is 185 Å². The first kappa shape index (κ1) is 50.9. The van der Waals surface area contributed by atoms with Crippen LogP contribution >= 0.6 is 11.6 Å². The van der Waals surface area contributed by atoms with Gasteiger partial charge < -0.3 is 52.9 Å². The quantitative estimate of drug-likeness (QED) is 0.0276. The molecule has 2 heterocycles. The lowest BCUT2D eigenvalue weighted by molar-refractivity contribution is -0.256. The van der Waals surface area contributed by atoms with Gasteiger partial charge in [-0.05, 0) is 96.7 Å². The van der Waals surface area contributed by atoms with Gasteiger partial charge in [-0.3, -0.25) is 10.2 Å². The van der Waals surface area contributed by atoms with Crippen molar-refractivity contribution in [1.29, 1.82) is 0 Å². The predicted molar refractivity (Wildman–Crippen MR) is 266 cm³/mol. The average Bonchev–Trinajstić information content (AvgIpc) is 3.86. The van der Waals surface area contributed by atoms with Crippen molar-refractivity contribution >= 4 is 35.2 Å². The summed E-state index contributed by atoms with van der Waals surface area (Å²) in [5, 5.41) is 27.8. The van der Waals surface area contributed by atoms with Gasteiger partial charge >= 0.3 is 12.2 Å². The number of carbonyl (C=O) groups excluding carboxylic acids is 2. The molecule has 4 aromatic rings. The van der Waals surface area contributed by atoms with Gasteiger partial charge in [0.1, 0.15) is 42.3 Å². The van der Waals surface area contributed by atoms with Gasteiger partial charge in [-0.25, -0.2) is 9.59 Å². The minimum atomic E-state index is -1.61. The van der Waals surface area contributed by atoms with Crippen molar-refractivity contribution in [3.05, 3.63) is 126 Å². The fraction of sp³-hybridized carbons (Fsp3) is 0.426. The second-order valence-electron chi connectivity index (χ2n) is 17.7. The first-order chi connectivity index (χ1) is 34.7. The molecule has 71 heavy (non-hydrogen) atoms. The molecule has 378 valence electrons. The zero-order valence-electron chi connectivity index (χ0n) is 40.1. The van der Waals surface area contributed by atoms with Crippen molar-refractivity contribution < 1.29 is 62.5 Å². The van der Waals surface area contributed by atoms with E-state index in [1.165, 1.54) is 7.11 Å². The van der Waals surface area contributed by atoms with E-state index in [1.807, 2.05) is 54.6 Å². The van der Waals surface area contributed by atoms with Crippen molar-refractivity contribution in [1.82, 2.24) is 4.90 Å². The number of hydrogen-bond donors (Lipinski definition) is 3. The first-order valence-electron chi connectivity index (χ1n) is 24.1.